The van der Waals surface area contributed by atoms with Crippen LogP contribution in [0.25, 0.3) is 11.4 Å². The summed E-state index contributed by atoms with van der Waals surface area (Å²) in [6.45, 7) is 2.57. The lowest BCUT2D eigenvalue weighted by atomic mass is 10.2. The van der Waals surface area contributed by atoms with Gasteiger partial charge >= 0.3 is 0 Å². The summed E-state index contributed by atoms with van der Waals surface area (Å²) in [5.41, 5.74) is 1.76. The molecule has 0 atom stereocenters. The van der Waals surface area contributed by atoms with Gasteiger partial charge in [0.25, 0.3) is 0 Å². The van der Waals surface area contributed by atoms with E-state index >= 15 is 0 Å². The molecule has 0 saturated heterocycles. The van der Waals surface area contributed by atoms with E-state index in [1.807, 2.05) is 85.8 Å². The van der Waals surface area contributed by atoms with Gasteiger partial charge in [-0.2, -0.15) is 14.9 Å². The number of H-pyrrole nitrogens is 1. The van der Waals surface area contributed by atoms with Crippen LogP contribution in [0.15, 0.2) is 84.0 Å². The standard InChI is InChI=1S/C23H20N4O2S/c1-2-28-19-13-11-18(12-14-19)22-25-26-23(30)27(22)24-16-17-7-6-10-21(15-17)29-20-8-4-3-5-9-20/h3-16H,2H2,1H3,(H,26,30)/b24-16-. The molecule has 0 spiro atoms. The molecule has 0 aliphatic heterocycles. The molecule has 0 aliphatic rings. The summed E-state index contributed by atoms with van der Waals surface area (Å²) in [5, 5.41) is 11.6. The van der Waals surface area contributed by atoms with Gasteiger partial charge in [-0.25, -0.2) is 5.10 Å². The zero-order valence-electron chi connectivity index (χ0n) is 16.4. The maximum atomic E-state index is 5.88. The molecule has 0 saturated carbocycles. The molecule has 7 heteroatoms. The third-order valence-electron chi connectivity index (χ3n) is 4.23. The quantitative estimate of drug-likeness (QED) is 0.311. The van der Waals surface area contributed by atoms with Crippen LogP contribution in [0.3, 0.4) is 0 Å². The summed E-state index contributed by atoms with van der Waals surface area (Å²) in [4.78, 5) is 0. The fraction of sp³-hybridized carbons (Fsp3) is 0.0870. The number of benzene rings is 3. The highest BCUT2D eigenvalue weighted by Gasteiger charge is 2.08. The molecule has 0 unspecified atom stereocenters. The van der Waals surface area contributed by atoms with Crippen LogP contribution in [0, 0.1) is 4.77 Å². The third-order valence-corrected chi connectivity index (χ3v) is 4.50. The number of aromatic amines is 1. The molecule has 6 nitrogen and oxygen atoms in total. The molecule has 4 aromatic rings. The first-order valence-corrected chi connectivity index (χ1v) is 9.92. The van der Waals surface area contributed by atoms with E-state index in [-0.39, 0.29) is 0 Å². The van der Waals surface area contributed by atoms with Gasteiger partial charge in [0, 0.05) is 5.56 Å². The van der Waals surface area contributed by atoms with Gasteiger partial charge in [0.1, 0.15) is 17.2 Å². The van der Waals surface area contributed by atoms with Gasteiger partial charge < -0.3 is 9.47 Å². The molecule has 30 heavy (non-hydrogen) atoms. The van der Waals surface area contributed by atoms with Crippen LogP contribution in [0.4, 0.5) is 0 Å². The predicted molar refractivity (Wildman–Crippen MR) is 120 cm³/mol. The second-order valence-electron chi connectivity index (χ2n) is 6.35. The maximum Gasteiger partial charge on any atom is 0.216 e. The molecule has 1 heterocycles. The van der Waals surface area contributed by atoms with Crippen molar-refractivity contribution >= 4 is 18.4 Å². The number of hydrogen-bond acceptors (Lipinski definition) is 5. The van der Waals surface area contributed by atoms with Crippen molar-refractivity contribution in [3.8, 4) is 28.6 Å². The van der Waals surface area contributed by atoms with E-state index in [9.17, 15) is 0 Å². The fourth-order valence-corrected chi connectivity index (χ4v) is 3.04. The Labute approximate surface area is 179 Å². The first-order chi connectivity index (χ1) is 14.7. The lowest BCUT2D eigenvalue weighted by Crippen LogP contribution is -1.96. The number of nitrogens with one attached hydrogen (secondary N) is 1. The zero-order valence-corrected chi connectivity index (χ0v) is 17.2. The van der Waals surface area contributed by atoms with Crippen molar-refractivity contribution in [1.82, 2.24) is 14.9 Å². The highest BCUT2D eigenvalue weighted by atomic mass is 32.1. The Morgan fingerprint density at radius 2 is 1.73 bits per heavy atom. The average Bonchev–Trinajstić information content (AvgIpc) is 3.14. The highest BCUT2D eigenvalue weighted by Crippen LogP contribution is 2.23. The first-order valence-electron chi connectivity index (χ1n) is 9.51. The van der Waals surface area contributed by atoms with Crippen molar-refractivity contribution in [3.63, 3.8) is 0 Å². The minimum atomic E-state index is 0.409. The van der Waals surface area contributed by atoms with Crippen molar-refractivity contribution in [2.75, 3.05) is 6.61 Å². The van der Waals surface area contributed by atoms with Crippen LogP contribution < -0.4 is 9.47 Å². The summed E-state index contributed by atoms with van der Waals surface area (Å²) in [7, 11) is 0. The molecule has 0 radical (unpaired) electrons. The second-order valence-corrected chi connectivity index (χ2v) is 6.74. The SMILES string of the molecule is CCOc1ccc(-c2n[nH]c(=S)n2/N=C\c2cccc(Oc3ccccc3)c2)cc1. The minimum Gasteiger partial charge on any atom is -0.494 e. The van der Waals surface area contributed by atoms with Crippen LogP contribution in [0.1, 0.15) is 12.5 Å². The molecule has 1 aromatic heterocycles. The van der Waals surface area contributed by atoms with Crippen LogP contribution in [-0.4, -0.2) is 27.7 Å². The van der Waals surface area contributed by atoms with Gasteiger partial charge in [-0.05, 0) is 73.2 Å². The lowest BCUT2D eigenvalue weighted by Gasteiger charge is -2.06. The van der Waals surface area contributed by atoms with Crippen LogP contribution in [-0.2, 0) is 0 Å². The van der Waals surface area contributed by atoms with E-state index < -0.39 is 0 Å². The maximum absolute atomic E-state index is 5.88. The average molecular weight is 417 g/mol. The summed E-state index contributed by atoms with van der Waals surface area (Å²) >= 11 is 5.35. The topological polar surface area (TPSA) is 64.4 Å². The second kappa shape index (κ2) is 9.19. The van der Waals surface area contributed by atoms with Crippen molar-refractivity contribution in [1.29, 1.82) is 0 Å². The van der Waals surface area contributed by atoms with Gasteiger partial charge in [0.2, 0.25) is 4.77 Å². The Morgan fingerprint density at radius 1 is 0.967 bits per heavy atom. The Balaban J connectivity index is 1.57. The van der Waals surface area contributed by atoms with Crippen molar-refractivity contribution in [2.24, 2.45) is 5.10 Å². The van der Waals surface area contributed by atoms with E-state index in [2.05, 4.69) is 15.3 Å². The molecule has 150 valence electrons. The van der Waals surface area contributed by atoms with E-state index in [0.29, 0.717) is 17.2 Å². The molecule has 0 fully saturated rings. The zero-order chi connectivity index (χ0) is 20.8. The largest absolute Gasteiger partial charge is 0.494 e. The van der Waals surface area contributed by atoms with Crippen molar-refractivity contribution in [2.45, 2.75) is 6.92 Å². The molecule has 1 N–H and O–H groups in total. The van der Waals surface area contributed by atoms with Gasteiger partial charge in [-0.15, -0.1) is 0 Å². The molecule has 0 bridgehead atoms. The summed E-state index contributed by atoms with van der Waals surface area (Å²) in [6.07, 6.45) is 1.72. The lowest BCUT2D eigenvalue weighted by molar-refractivity contribution is 0.340. The van der Waals surface area contributed by atoms with E-state index in [1.54, 1.807) is 10.9 Å². The molecular weight excluding hydrogens is 396 g/mol. The Kier molecular flexibility index (Phi) is 6.01. The van der Waals surface area contributed by atoms with Gasteiger partial charge in [-0.3, -0.25) is 0 Å². The molecule has 0 amide bonds. The highest BCUT2D eigenvalue weighted by molar-refractivity contribution is 7.71. The van der Waals surface area contributed by atoms with E-state index in [1.165, 1.54) is 0 Å². The molecule has 4 rings (SSSR count). The minimum absolute atomic E-state index is 0.409. The van der Waals surface area contributed by atoms with E-state index in [4.69, 9.17) is 21.7 Å². The van der Waals surface area contributed by atoms with Crippen LogP contribution >= 0.6 is 12.2 Å². The van der Waals surface area contributed by atoms with Gasteiger partial charge in [0.05, 0.1) is 12.8 Å². The smallest absolute Gasteiger partial charge is 0.216 e. The van der Waals surface area contributed by atoms with Crippen LogP contribution in [0.5, 0.6) is 17.2 Å². The monoisotopic (exact) mass is 416 g/mol. The van der Waals surface area contributed by atoms with Gasteiger partial charge in [0.15, 0.2) is 5.82 Å². The summed E-state index contributed by atoms with van der Waals surface area (Å²) in [5.74, 6) is 2.94. The van der Waals surface area contributed by atoms with Crippen LogP contribution in [0.2, 0.25) is 0 Å². The molecular formula is C23H20N4O2S. The molecule has 0 aliphatic carbocycles. The fourth-order valence-electron chi connectivity index (χ4n) is 2.86. The van der Waals surface area contributed by atoms with Gasteiger partial charge in [-0.1, -0.05) is 30.3 Å². The molecule has 3 aromatic carbocycles. The summed E-state index contributed by atoms with van der Waals surface area (Å²) < 4.78 is 13.4. The number of para-hydroxylation sites is 1. The predicted octanol–water partition coefficient (Wildman–Crippen LogP) is 5.68. The Morgan fingerprint density at radius 3 is 2.50 bits per heavy atom. The van der Waals surface area contributed by atoms with Crippen molar-refractivity contribution in [3.05, 3.63) is 89.2 Å². The van der Waals surface area contributed by atoms with E-state index in [0.717, 1.165) is 28.4 Å². The number of hydrogen-bond donors (Lipinski definition) is 1. The van der Waals surface area contributed by atoms with Crippen molar-refractivity contribution < 1.29 is 9.47 Å². The Hall–Kier alpha value is -3.71. The number of nitrogens with zero attached hydrogens (tertiary/aromatic N) is 3. The number of ether oxygens (including phenoxy) is 2. The number of aromatic nitrogens is 3. The number of rotatable bonds is 7. The summed E-state index contributed by atoms with van der Waals surface area (Å²) in [6, 6.07) is 25.0. The normalized spacial score (nSPS) is 11.0. The first kappa shape index (κ1) is 19.6. The third kappa shape index (κ3) is 4.64. The Bertz CT molecular complexity index is 1200.